The average molecular weight is 797 g/mol. The summed E-state index contributed by atoms with van der Waals surface area (Å²) >= 11 is 0. The van der Waals surface area contributed by atoms with Crippen molar-refractivity contribution in [2.45, 2.75) is 13.8 Å². The van der Waals surface area contributed by atoms with Crippen molar-refractivity contribution in [1.82, 2.24) is 0 Å². The van der Waals surface area contributed by atoms with Crippen LogP contribution in [0.25, 0.3) is 76.5 Å². The van der Waals surface area contributed by atoms with E-state index >= 15 is 0 Å². The van der Waals surface area contributed by atoms with Crippen molar-refractivity contribution in [2.75, 3.05) is 9.80 Å². The van der Waals surface area contributed by atoms with Gasteiger partial charge in [-0.2, -0.15) is 0 Å². The van der Waals surface area contributed by atoms with Gasteiger partial charge in [0, 0.05) is 55.7 Å². The van der Waals surface area contributed by atoms with Gasteiger partial charge >= 0.3 is 0 Å². The third kappa shape index (κ3) is 5.99. The van der Waals surface area contributed by atoms with Gasteiger partial charge in [0.2, 0.25) is 0 Å². The second kappa shape index (κ2) is 14.3. The molecule has 4 nitrogen and oxygen atoms in total. The number of aryl methyl sites for hydroxylation is 2. The summed E-state index contributed by atoms with van der Waals surface area (Å²) in [6.07, 6.45) is 0. The highest BCUT2D eigenvalue weighted by molar-refractivity contribution is 6.24. The highest BCUT2D eigenvalue weighted by Crippen LogP contribution is 2.47. The van der Waals surface area contributed by atoms with Gasteiger partial charge in [-0.05, 0) is 144 Å². The van der Waals surface area contributed by atoms with Crippen molar-refractivity contribution in [3.63, 3.8) is 0 Å². The van der Waals surface area contributed by atoms with Gasteiger partial charge < -0.3 is 18.6 Å². The Hall–Kier alpha value is -8.08. The first kappa shape index (κ1) is 35.8. The minimum absolute atomic E-state index is 0.822. The number of fused-ring (bicyclic) bond motifs is 8. The molecule has 0 unspecified atom stereocenters. The zero-order valence-corrected chi connectivity index (χ0v) is 34.3. The molecule has 10 aromatic carbocycles. The Morgan fingerprint density at radius 3 is 1.13 bits per heavy atom. The van der Waals surface area contributed by atoms with Crippen LogP contribution in [0.4, 0.5) is 34.1 Å². The van der Waals surface area contributed by atoms with Gasteiger partial charge in [-0.3, -0.25) is 0 Å². The Kier molecular flexibility index (Phi) is 8.26. The molecule has 0 aliphatic heterocycles. The first-order chi connectivity index (χ1) is 30.5. The number of benzene rings is 10. The molecule has 0 saturated heterocycles. The van der Waals surface area contributed by atoms with E-state index in [-0.39, 0.29) is 0 Å². The fraction of sp³-hybridized carbons (Fsp3) is 0.0345. The molecule has 0 spiro atoms. The third-order valence-electron chi connectivity index (χ3n) is 12.3. The number of rotatable bonds is 7. The highest BCUT2D eigenvalue weighted by Gasteiger charge is 2.23. The summed E-state index contributed by atoms with van der Waals surface area (Å²) in [5, 5.41) is 8.81. The zero-order valence-electron chi connectivity index (χ0n) is 34.3. The maximum atomic E-state index is 6.96. The maximum Gasteiger partial charge on any atom is 0.147 e. The van der Waals surface area contributed by atoms with Gasteiger partial charge in [0.05, 0.1) is 5.56 Å². The summed E-state index contributed by atoms with van der Waals surface area (Å²) in [5.41, 5.74) is 14.4. The van der Waals surface area contributed by atoms with Crippen LogP contribution in [0.3, 0.4) is 0 Å². The van der Waals surface area contributed by atoms with E-state index in [0.717, 1.165) is 111 Å². The lowest BCUT2D eigenvalue weighted by Gasteiger charge is -2.26. The second-order valence-corrected chi connectivity index (χ2v) is 16.3. The highest BCUT2D eigenvalue weighted by atomic mass is 16.3. The average Bonchev–Trinajstić information content (AvgIpc) is 3.85. The summed E-state index contributed by atoms with van der Waals surface area (Å²) in [6.45, 7) is 4.25. The van der Waals surface area contributed by atoms with Crippen LogP contribution in [-0.2, 0) is 0 Å². The molecule has 0 N–H and O–H groups in total. The number of hydrogen-bond donors (Lipinski definition) is 0. The van der Waals surface area contributed by atoms with Crippen LogP contribution < -0.4 is 9.80 Å². The van der Waals surface area contributed by atoms with E-state index in [1.54, 1.807) is 0 Å². The van der Waals surface area contributed by atoms with Gasteiger partial charge in [0.1, 0.15) is 22.3 Å². The Morgan fingerprint density at radius 1 is 0.306 bits per heavy atom. The van der Waals surface area contributed by atoms with Gasteiger partial charge in [0.15, 0.2) is 0 Å². The molecule has 0 bridgehead atoms. The van der Waals surface area contributed by atoms with Gasteiger partial charge in [-0.25, -0.2) is 0 Å². The fourth-order valence-electron chi connectivity index (χ4n) is 9.18. The molecule has 12 rings (SSSR count). The molecule has 12 aromatic rings. The van der Waals surface area contributed by atoms with Crippen LogP contribution in [0.1, 0.15) is 11.1 Å². The standard InChI is InChI=1S/C58H40N2O2/c1-37-18-24-46(25-19-37)59(44-14-8-4-9-15-44)48-28-22-40-32-50-52-36-53-51-33-41-23-29-49(60(45-16-10-5-11-17-45)47-26-20-38(2)21-27-47)31-43(41)35-55(51)62-58(53)56(39-12-6-3-7-13-39)57(52)61-54(50)34-42(40)30-48/h3-36H,1-2H3. The summed E-state index contributed by atoms with van der Waals surface area (Å²) in [4.78, 5) is 4.62. The molecule has 0 saturated carbocycles. The molecule has 2 heterocycles. The second-order valence-electron chi connectivity index (χ2n) is 16.3. The van der Waals surface area contributed by atoms with Crippen molar-refractivity contribution in [2.24, 2.45) is 0 Å². The molecule has 0 fully saturated rings. The van der Waals surface area contributed by atoms with Crippen LogP contribution in [-0.4, -0.2) is 0 Å². The summed E-state index contributed by atoms with van der Waals surface area (Å²) < 4.78 is 13.9. The van der Waals surface area contributed by atoms with E-state index in [4.69, 9.17) is 8.83 Å². The molecule has 0 radical (unpaired) electrons. The minimum atomic E-state index is 0.822. The minimum Gasteiger partial charge on any atom is -0.455 e. The largest absolute Gasteiger partial charge is 0.455 e. The first-order valence-corrected chi connectivity index (χ1v) is 21.1. The van der Waals surface area contributed by atoms with E-state index in [0.29, 0.717) is 0 Å². The molecule has 4 heteroatoms. The van der Waals surface area contributed by atoms with Gasteiger partial charge in [-0.1, -0.05) is 114 Å². The van der Waals surface area contributed by atoms with Crippen molar-refractivity contribution < 1.29 is 8.83 Å². The SMILES string of the molecule is Cc1ccc(N(c2ccccc2)c2ccc3cc4c(cc3c2)oc2c(-c3ccccc3)c3oc5cc6cc(N(c7ccccc7)c7ccc(C)cc7)ccc6cc5c3cc24)cc1. The van der Waals surface area contributed by atoms with E-state index in [2.05, 4.69) is 230 Å². The van der Waals surface area contributed by atoms with Crippen LogP contribution in [0.2, 0.25) is 0 Å². The Balaban J connectivity index is 1.03. The van der Waals surface area contributed by atoms with Crippen LogP contribution in [0.5, 0.6) is 0 Å². The van der Waals surface area contributed by atoms with Crippen molar-refractivity contribution >= 4 is 99.5 Å². The van der Waals surface area contributed by atoms with Crippen molar-refractivity contribution in [3.05, 3.63) is 217 Å². The normalized spacial score (nSPS) is 11.7. The molecule has 0 amide bonds. The van der Waals surface area contributed by atoms with E-state index < -0.39 is 0 Å². The fourth-order valence-corrected chi connectivity index (χ4v) is 9.18. The number of para-hydroxylation sites is 2. The molecule has 0 aliphatic carbocycles. The van der Waals surface area contributed by atoms with E-state index in [1.807, 2.05) is 0 Å². The van der Waals surface area contributed by atoms with E-state index in [1.165, 1.54) is 11.1 Å². The quantitative estimate of drug-likeness (QED) is 0.161. The first-order valence-electron chi connectivity index (χ1n) is 21.1. The lowest BCUT2D eigenvalue weighted by atomic mass is 9.97. The van der Waals surface area contributed by atoms with Crippen LogP contribution >= 0.6 is 0 Å². The smallest absolute Gasteiger partial charge is 0.147 e. The Bertz CT molecular complexity index is 3410. The predicted octanol–water partition coefficient (Wildman–Crippen LogP) is 17.0. The van der Waals surface area contributed by atoms with Crippen LogP contribution in [0.15, 0.2) is 215 Å². The molecule has 0 aliphatic rings. The molecule has 2 aromatic heterocycles. The summed E-state index contributed by atoms with van der Waals surface area (Å²) in [5.74, 6) is 0. The summed E-state index contributed by atoms with van der Waals surface area (Å²) in [7, 11) is 0. The van der Waals surface area contributed by atoms with Gasteiger partial charge in [0.25, 0.3) is 0 Å². The molecular weight excluding hydrogens is 757 g/mol. The number of anilines is 6. The predicted molar refractivity (Wildman–Crippen MR) is 260 cm³/mol. The molecule has 0 atom stereocenters. The van der Waals surface area contributed by atoms with Gasteiger partial charge in [-0.15, -0.1) is 0 Å². The lowest BCUT2D eigenvalue weighted by molar-refractivity contribution is 0.658. The Morgan fingerprint density at radius 2 is 0.694 bits per heavy atom. The Labute approximate surface area is 359 Å². The summed E-state index contributed by atoms with van der Waals surface area (Å²) in [6, 6.07) is 73.7. The van der Waals surface area contributed by atoms with Crippen LogP contribution in [0, 0.1) is 13.8 Å². The molecule has 62 heavy (non-hydrogen) atoms. The topological polar surface area (TPSA) is 32.8 Å². The van der Waals surface area contributed by atoms with E-state index in [9.17, 15) is 0 Å². The number of furan rings is 2. The zero-order chi connectivity index (χ0) is 41.3. The molecular formula is C58H40N2O2. The lowest BCUT2D eigenvalue weighted by Crippen LogP contribution is -2.09. The number of nitrogens with zero attached hydrogens (tertiary/aromatic N) is 2. The monoisotopic (exact) mass is 796 g/mol. The van der Waals surface area contributed by atoms with Crippen molar-refractivity contribution in [1.29, 1.82) is 0 Å². The third-order valence-corrected chi connectivity index (χ3v) is 12.3. The number of hydrogen-bond acceptors (Lipinski definition) is 4. The maximum absolute atomic E-state index is 6.96. The van der Waals surface area contributed by atoms with Crippen molar-refractivity contribution in [3.8, 4) is 11.1 Å². The molecule has 294 valence electrons.